The third kappa shape index (κ3) is 2.42. The Morgan fingerprint density at radius 3 is 2.30 bits per heavy atom. The highest BCUT2D eigenvalue weighted by Crippen LogP contribution is 2.23. The first kappa shape index (κ1) is 14.7. The molecule has 0 saturated carbocycles. The fourth-order valence-electron chi connectivity index (χ4n) is 2.27. The largest absolute Gasteiger partial charge is 0.369 e. The number of benzene rings is 1. The summed E-state index contributed by atoms with van der Waals surface area (Å²) in [4.78, 5) is 55.4. The molecule has 23 heavy (non-hydrogen) atoms. The van der Waals surface area contributed by atoms with Crippen LogP contribution in [0.25, 0.3) is 0 Å². The van der Waals surface area contributed by atoms with Crippen LogP contribution in [0.3, 0.4) is 0 Å². The Kier molecular flexibility index (Phi) is 3.53. The lowest BCUT2D eigenvalue weighted by atomic mass is 10.1. The molecule has 1 aromatic carbocycles. The van der Waals surface area contributed by atoms with E-state index in [-0.39, 0.29) is 16.7 Å². The highest BCUT2D eigenvalue weighted by Gasteiger charge is 2.39. The number of carbonyl (C=O) groups excluding carboxylic acids is 3. The number of hydroxylamine groups is 2. The molecule has 0 radical (unpaired) electrons. The summed E-state index contributed by atoms with van der Waals surface area (Å²) in [6.07, 6.45) is 2.09. The Hall–Kier alpha value is -3.22. The number of nitrogens with zero attached hydrogens (tertiary/aromatic N) is 1. The lowest BCUT2D eigenvalue weighted by Gasteiger charge is -2.12. The molecular formula is C16H12N2O5. The number of hydrogen-bond acceptors (Lipinski definition) is 5. The summed E-state index contributed by atoms with van der Waals surface area (Å²) in [5.74, 6) is -2.53. The van der Waals surface area contributed by atoms with Crippen LogP contribution >= 0.6 is 0 Å². The van der Waals surface area contributed by atoms with Crippen molar-refractivity contribution in [2.45, 2.75) is 13.3 Å². The second-order valence-electron chi connectivity index (χ2n) is 4.93. The lowest BCUT2D eigenvalue weighted by Crippen LogP contribution is -2.34. The van der Waals surface area contributed by atoms with E-state index in [2.05, 4.69) is 4.98 Å². The summed E-state index contributed by atoms with van der Waals surface area (Å²) < 4.78 is 0. The Bertz CT molecular complexity index is 849. The van der Waals surface area contributed by atoms with Gasteiger partial charge in [-0.1, -0.05) is 24.1 Å². The van der Waals surface area contributed by atoms with Crippen molar-refractivity contribution in [3.63, 3.8) is 0 Å². The van der Waals surface area contributed by atoms with Gasteiger partial charge in [0, 0.05) is 6.20 Å². The Balaban J connectivity index is 1.89. The molecule has 0 saturated heterocycles. The first-order valence-electron chi connectivity index (χ1n) is 6.94. The van der Waals surface area contributed by atoms with Gasteiger partial charge in [-0.05, 0) is 30.2 Å². The van der Waals surface area contributed by atoms with Crippen LogP contribution in [-0.4, -0.2) is 27.8 Å². The number of amides is 2. The second-order valence-corrected chi connectivity index (χ2v) is 4.93. The van der Waals surface area contributed by atoms with E-state index < -0.39 is 23.3 Å². The number of pyridine rings is 1. The molecular weight excluding hydrogens is 300 g/mol. The fourth-order valence-corrected chi connectivity index (χ4v) is 2.27. The number of aryl methyl sites for hydroxylation is 1. The molecule has 0 bridgehead atoms. The van der Waals surface area contributed by atoms with Crippen LogP contribution in [-0.2, 0) is 11.3 Å². The van der Waals surface area contributed by atoms with Gasteiger partial charge in [-0.3, -0.25) is 14.4 Å². The smallest absolute Gasteiger partial charge is 0.328 e. The molecule has 2 aromatic rings. The van der Waals surface area contributed by atoms with Gasteiger partial charge in [0.15, 0.2) is 0 Å². The SMILES string of the molecule is CCc1c[nH]c(=O)c(C(=O)ON2C(=O)c3ccccc3C2=O)c1. The van der Waals surface area contributed by atoms with E-state index in [9.17, 15) is 19.2 Å². The van der Waals surface area contributed by atoms with Crippen molar-refractivity contribution in [3.8, 4) is 0 Å². The molecule has 0 fully saturated rings. The quantitative estimate of drug-likeness (QED) is 0.862. The minimum absolute atomic E-state index is 0.154. The number of nitrogens with one attached hydrogen (secondary N) is 1. The topological polar surface area (TPSA) is 96.5 Å². The number of aromatic nitrogens is 1. The van der Waals surface area contributed by atoms with Crippen molar-refractivity contribution < 1.29 is 19.2 Å². The number of carbonyl (C=O) groups is 3. The predicted octanol–water partition coefficient (Wildman–Crippen LogP) is 1.31. The summed E-state index contributed by atoms with van der Waals surface area (Å²) >= 11 is 0. The van der Waals surface area contributed by atoms with Crippen molar-refractivity contribution in [2.24, 2.45) is 0 Å². The van der Waals surface area contributed by atoms with Gasteiger partial charge >= 0.3 is 5.97 Å². The van der Waals surface area contributed by atoms with E-state index in [1.165, 1.54) is 24.4 Å². The van der Waals surface area contributed by atoms with Crippen molar-refractivity contribution in [1.29, 1.82) is 0 Å². The van der Waals surface area contributed by atoms with E-state index in [0.717, 1.165) is 5.56 Å². The molecule has 1 N–H and O–H groups in total. The zero-order valence-corrected chi connectivity index (χ0v) is 12.2. The Morgan fingerprint density at radius 2 is 1.74 bits per heavy atom. The number of imide groups is 1. The van der Waals surface area contributed by atoms with Gasteiger partial charge in [-0.25, -0.2) is 4.79 Å². The second kappa shape index (κ2) is 5.53. The highest BCUT2D eigenvalue weighted by molar-refractivity contribution is 6.21. The Labute approximate surface area is 130 Å². The van der Waals surface area contributed by atoms with Crippen LogP contribution < -0.4 is 5.56 Å². The molecule has 2 heterocycles. The normalized spacial score (nSPS) is 13.2. The maximum absolute atomic E-state index is 12.1. The van der Waals surface area contributed by atoms with Gasteiger partial charge in [-0.2, -0.15) is 0 Å². The van der Waals surface area contributed by atoms with Crippen molar-refractivity contribution in [3.05, 3.63) is 69.1 Å². The van der Waals surface area contributed by atoms with Crippen molar-refractivity contribution in [1.82, 2.24) is 10.0 Å². The van der Waals surface area contributed by atoms with E-state index in [1.54, 1.807) is 12.1 Å². The minimum atomic E-state index is -1.06. The molecule has 1 aliphatic rings. The molecule has 1 aromatic heterocycles. The summed E-state index contributed by atoms with van der Waals surface area (Å²) in [7, 11) is 0. The van der Waals surface area contributed by atoms with Crippen LogP contribution in [0.2, 0.25) is 0 Å². The summed E-state index contributed by atoms with van der Waals surface area (Å²) in [6.45, 7) is 1.85. The number of H-pyrrole nitrogens is 1. The zero-order chi connectivity index (χ0) is 16.6. The first-order chi connectivity index (χ1) is 11.0. The van der Waals surface area contributed by atoms with Crippen molar-refractivity contribution in [2.75, 3.05) is 0 Å². The monoisotopic (exact) mass is 312 g/mol. The van der Waals surface area contributed by atoms with E-state index >= 15 is 0 Å². The van der Waals surface area contributed by atoms with Crippen LogP contribution in [0.15, 0.2) is 41.3 Å². The predicted molar refractivity (Wildman–Crippen MR) is 78.8 cm³/mol. The van der Waals surface area contributed by atoms with Crippen LogP contribution in [0.5, 0.6) is 0 Å². The van der Waals surface area contributed by atoms with Gasteiger partial charge < -0.3 is 9.82 Å². The molecule has 2 amide bonds. The molecule has 7 nitrogen and oxygen atoms in total. The van der Waals surface area contributed by atoms with E-state index in [1.807, 2.05) is 6.92 Å². The van der Waals surface area contributed by atoms with Gasteiger partial charge in [0.25, 0.3) is 17.4 Å². The zero-order valence-electron chi connectivity index (χ0n) is 12.2. The average Bonchev–Trinajstić information content (AvgIpc) is 2.80. The van der Waals surface area contributed by atoms with Crippen molar-refractivity contribution >= 4 is 17.8 Å². The fraction of sp³-hybridized carbons (Fsp3) is 0.125. The maximum Gasteiger partial charge on any atom is 0.369 e. The standard InChI is InChI=1S/C16H12N2O5/c1-2-9-7-12(13(19)17-8-9)16(22)23-18-14(20)10-5-3-4-6-11(10)15(18)21/h3-8H,2H2,1H3,(H,17,19). The van der Waals surface area contributed by atoms with Crippen LogP contribution in [0.4, 0.5) is 0 Å². The molecule has 116 valence electrons. The lowest BCUT2D eigenvalue weighted by molar-refractivity contribution is -0.0585. The molecule has 0 spiro atoms. The van der Waals surface area contributed by atoms with E-state index in [0.29, 0.717) is 11.5 Å². The molecule has 0 atom stereocenters. The summed E-state index contributed by atoms with van der Waals surface area (Å²) in [5, 5.41) is 0.380. The molecule has 0 aliphatic carbocycles. The highest BCUT2D eigenvalue weighted by atomic mass is 16.7. The van der Waals surface area contributed by atoms with Gasteiger partial charge in [0.2, 0.25) is 0 Å². The minimum Gasteiger partial charge on any atom is -0.328 e. The summed E-state index contributed by atoms with van der Waals surface area (Å²) in [6, 6.07) is 7.51. The number of aromatic amines is 1. The number of fused-ring (bicyclic) bond motifs is 1. The third-order valence-corrected chi connectivity index (χ3v) is 3.52. The Morgan fingerprint density at radius 1 is 1.13 bits per heavy atom. The molecule has 7 heteroatoms. The maximum atomic E-state index is 12.1. The van der Waals surface area contributed by atoms with Gasteiger partial charge in [-0.15, -0.1) is 0 Å². The summed E-state index contributed by atoms with van der Waals surface area (Å²) in [5.41, 5.74) is 0.117. The van der Waals surface area contributed by atoms with Gasteiger partial charge in [0.1, 0.15) is 5.56 Å². The van der Waals surface area contributed by atoms with Gasteiger partial charge in [0.05, 0.1) is 11.1 Å². The van der Waals surface area contributed by atoms with Crippen LogP contribution in [0, 0.1) is 0 Å². The van der Waals surface area contributed by atoms with E-state index in [4.69, 9.17) is 4.84 Å². The molecule has 0 unspecified atom stereocenters. The third-order valence-electron chi connectivity index (χ3n) is 3.52. The first-order valence-corrected chi connectivity index (χ1v) is 6.94. The number of rotatable bonds is 3. The van der Waals surface area contributed by atoms with Crippen LogP contribution in [0.1, 0.15) is 43.6 Å². The molecule has 1 aliphatic heterocycles. The number of hydrogen-bond donors (Lipinski definition) is 1. The molecule has 3 rings (SSSR count). The average molecular weight is 312 g/mol.